The molecule has 0 saturated carbocycles. The van der Waals surface area contributed by atoms with Gasteiger partial charge in [-0.3, -0.25) is 9.59 Å². The summed E-state index contributed by atoms with van der Waals surface area (Å²) in [4.78, 5) is 27.2. The lowest BCUT2D eigenvalue weighted by atomic mass is 10.0. The lowest BCUT2D eigenvalue weighted by molar-refractivity contribution is -0.120. The van der Waals surface area contributed by atoms with Gasteiger partial charge in [-0.1, -0.05) is 29.8 Å². The summed E-state index contributed by atoms with van der Waals surface area (Å²) in [6.07, 6.45) is 0. The van der Waals surface area contributed by atoms with Crippen molar-refractivity contribution in [2.24, 2.45) is 0 Å². The van der Waals surface area contributed by atoms with E-state index in [-0.39, 0.29) is 11.3 Å². The van der Waals surface area contributed by atoms with Gasteiger partial charge < -0.3 is 10.1 Å². The van der Waals surface area contributed by atoms with E-state index in [9.17, 15) is 18.4 Å². The minimum absolute atomic E-state index is 0.0120. The van der Waals surface area contributed by atoms with Crippen LogP contribution in [0, 0.1) is 18.6 Å². The maximum absolute atomic E-state index is 14.5. The second-order valence-corrected chi connectivity index (χ2v) is 7.52. The van der Waals surface area contributed by atoms with E-state index in [4.69, 9.17) is 16.3 Å². The number of carbonyl (C=O) groups is 2. The highest BCUT2D eigenvalue weighted by Crippen LogP contribution is 2.36. The molecule has 0 saturated heterocycles. The number of anilines is 2. The molecular formula is C24H17ClF2N2O3. The number of halogens is 3. The molecule has 0 atom stereocenters. The Morgan fingerprint density at radius 2 is 1.66 bits per heavy atom. The fourth-order valence-electron chi connectivity index (χ4n) is 3.36. The molecule has 1 N–H and O–H groups in total. The fourth-order valence-corrected chi connectivity index (χ4v) is 3.54. The first kappa shape index (κ1) is 21.5. The molecule has 1 heterocycles. The SMILES string of the molecule is COc1ccc(C2=C(Nc3ccc(C)c(Cl)c3)C(=O)N(c3cc(F)ccc3F)C2=O)cc1. The number of hydrogen-bond donors (Lipinski definition) is 1. The van der Waals surface area contributed by atoms with Gasteiger partial charge in [-0.2, -0.15) is 0 Å². The molecule has 3 aromatic rings. The molecule has 0 aromatic heterocycles. The highest BCUT2D eigenvalue weighted by atomic mass is 35.5. The van der Waals surface area contributed by atoms with E-state index < -0.39 is 29.1 Å². The van der Waals surface area contributed by atoms with Crippen LogP contribution in [0.4, 0.5) is 20.2 Å². The minimum atomic E-state index is -0.901. The van der Waals surface area contributed by atoms with Crippen molar-refractivity contribution in [3.8, 4) is 5.75 Å². The van der Waals surface area contributed by atoms with Crippen molar-refractivity contribution in [3.05, 3.63) is 94.1 Å². The summed E-state index contributed by atoms with van der Waals surface area (Å²) in [5, 5.41) is 3.40. The monoisotopic (exact) mass is 454 g/mol. The Morgan fingerprint density at radius 3 is 2.31 bits per heavy atom. The second-order valence-electron chi connectivity index (χ2n) is 7.11. The number of benzene rings is 3. The Hall–Kier alpha value is -3.71. The van der Waals surface area contributed by atoms with Crippen molar-refractivity contribution >= 4 is 40.4 Å². The van der Waals surface area contributed by atoms with Gasteiger partial charge in [-0.15, -0.1) is 0 Å². The summed E-state index contributed by atoms with van der Waals surface area (Å²) in [5.74, 6) is -2.73. The Labute approximate surface area is 187 Å². The number of rotatable bonds is 5. The summed E-state index contributed by atoms with van der Waals surface area (Å²) in [5.41, 5.74) is 1.17. The molecule has 0 spiro atoms. The smallest absolute Gasteiger partial charge is 0.282 e. The summed E-state index contributed by atoms with van der Waals surface area (Å²) >= 11 is 6.19. The number of carbonyl (C=O) groups excluding carboxylic acids is 2. The first-order valence-corrected chi connectivity index (χ1v) is 9.93. The molecule has 0 unspecified atom stereocenters. The Bertz CT molecular complexity index is 1270. The molecule has 162 valence electrons. The summed E-state index contributed by atoms with van der Waals surface area (Å²) < 4.78 is 33.4. The fraction of sp³-hybridized carbons (Fsp3) is 0.0833. The summed E-state index contributed by atoms with van der Waals surface area (Å²) in [6.45, 7) is 1.83. The third-order valence-corrected chi connectivity index (χ3v) is 5.46. The van der Waals surface area contributed by atoms with Gasteiger partial charge in [0.25, 0.3) is 11.8 Å². The number of hydrogen-bond acceptors (Lipinski definition) is 4. The molecule has 0 fully saturated rings. The lowest BCUT2D eigenvalue weighted by Gasteiger charge is -2.16. The zero-order chi connectivity index (χ0) is 23.0. The number of nitrogens with zero attached hydrogens (tertiary/aromatic N) is 1. The maximum atomic E-state index is 14.5. The minimum Gasteiger partial charge on any atom is -0.497 e. The molecule has 2 amide bonds. The van der Waals surface area contributed by atoms with Crippen molar-refractivity contribution in [1.29, 1.82) is 0 Å². The number of amides is 2. The predicted octanol–water partition coefficient (Wildman–Crippen LogP) is 5.33. The normalized spacial score (nSPS) is 13.7. The van der Waals surface area contributed by atoms with Crippen LogP contribution in [0.25, 0.3) is 5.57 Å². The first-order chi connectivity index (χ1) is 15.3. The molecule has 3 aromatic carbocycles. The molecule has 8 heteroatoms. The lowest BCUT2D eigenvalue weighted by Crippen LogP contribution is -2.33. The molecule has 0 aliphatic carbocycles. The summed E-state index contributed by atoms with van der Waals surface area (Å²) in [7, 11) is 1.50. The van der Waals surface area contributed by atoms with Crippen molar-refractivity contribution in [2.45, 2.75) is 6.92 Å². The van der Waals surface area contributed by atoms with Crippen LogP contribution in [0.1, 0.15) is 11.1 Å². The van der Waals surface area contributed by atoms with Crippen LogP contribution >= 0.6 is 11.6 Å². The maximum Gasteiger partial charge on any atom is 0.282 e. The second kappa shape index (κ2) is 8.43. The van der Waals surface area contributed by atoms with Crippen LogP contribution in [0.15, 0.2) is 66.4 Å². The zero-order valence-electron chi connectivity index (χ0n) is 17.1. The van der Waals surface area contributed by atoms with Gasteiger partial charge in [-0.25, -0.2) is 13.7 Å². The number of ether oxygens (including phenoxy) is 1. The predicted molar refractivity (Wildman–Crippen MR) is 119 cm³/mol. The van der Waals surface area contributed by atoms with Crippen LogP contribution in [0.2, 0.25) is 5.02 Å². The Balaban J connectivity index is 1.84. The number of nitrogens with one attached hydrogen (secondary N) is 1. The van der Waals surface area contributed by atoms with Crippen LogP contribution in [0.3, 0.4) is 0 Å². The van der Waals surface area contributed by atoms with Crippen molar-refractivity contribution in [3.63, 3.8) is 0 Å². The van der Waals surface area contributed by atoms with Gasteiger partial charge in [0.15, 0.2) is 0 Å². The van der Waals surface area contributed by atoms with E-state index in [2.05, 4.69) is 5.32 Å². The molecule has 4 rings (SSSR count). The van der Waals surface area contributed by atoms with E-state index in [1.54, 1.807) is 42.5 Å². The highest BCUT2D eigenvalue weighted by molar-refractivity contribution is 6.46. The van der Waals surface area contributed by atoms with Crippen LogP contribution < -0.4 is 15.0 Å². The average Bonchev–Trinajstić information content (AvgIpc) is 3.02. The van der Waals surface area contributed by atoms with Crippen molar-refractivity contribution in [2.75, 3.05) is 17.3 Å². The van der Waals surface area contributed by atoms with E-state index in [1.807, 2.05) is 6.92 Å². The topological polar surface area (TPSA) is 58.6 Å². The number of methoxy groups -OCH3 is 1. The van der Waals surface area contributed by atoms with Gasteiger partial charge in [-0.05, 0) is 54.4 Å². The van der Waals surface area contributed by atoms with E-state index in [1.165, 1.54) is 7.11 Å². The van der Waals surface area contributed by atoms with Gasteiger partial charge in [0.2, 0.25) is 0 Å². The van der Waals surface area contributed by atoms with Crippen LogP contribution in [-0.4, -0.2) is 18.9 Å². The van der Waals surface area contributed by atoms with Crippen LogP contribution in [-0.2, 0) is 9.59 Å². The molecule has 5 nitrogen and oxygen atoms in total. The quantitative estimate of drug-likeness (QED) is 0.529. The van der Waals surface area contributed by atoms with Crippen molar-refractivity contribution < 1.29 is 23.1 Å². The van der Waals surface area contributed by atoms with Crippen LogP contribution in [0.5, 0.6) is 5.75 Å². The van der Waals surface area contributed by atoms with E-state index >= 15 is 0 Å². The first-order valence-electron chi connectivity index (χ1n) is 9.56. The Morgan fingerprint density at radius 1 is 0.938 bits per heavy atom. The molecular weight excluding hydrogens is 438 g/mol. The summed E-state index contributed by atoms with van der Waals surface area (Å²) in [6, 6.07) is 14.1. The van der Waals surface area contributed by atoms with Crippen molar-refractivity contribution in [1.82, 2.24) is 0 Å². The molecule has 0 radical (unpaired) electrons. The van der Waals surface area contributed by atoms with Gasteiger partial charge in [0, 0.05) is 16.8 Å². The standard InChI is InChI=1S/C24H17ClF2N2O3/c1-13-3-7-16(12-18(13)25)28-22-21(14-4-8-17(32-2)9-5-14)23(30)29(24(22)31)20-11-15(26)6-10-19(20)27/h3-12,28H,1-2H3. The molecule has 0 bridgehead atoms. The van der Waals surface area contributed by atoms with Gasteiger partial charge >= 0.3 is 0 Å². The number of imide groups is 1. The Kier molecular flexibility index (Phi) is 5.67. The zero-order valence-corrected chi connectivity index (χ0v) is 17.8. The molecule has 32 heavy (non-hydrogen) atoms. The third kappa shape index (κ3) is 3.83. The van der Waals surface area contributed by atoms with Gasteiger partial charge in [0.05, 0.1) is 18.4 Å². The number of aryl methyl sites for hydroxylation is 1. The third-order valence-electron chi connectivity index (χ3n) is 5.05. The molecule has 1 aliphatic rings. The average molecular weight is 455 g/mol. The molecule has 1 aliphatic heterocycles. The highest BCUT2D eigenvalue weighted by Gasteiger charge is 2.41. The largest absolute Gasteiger partial charge is 0.497 e. The van der Waals surface area contributed by atoms with E-state index in [0.29, 0.717) is 26.9 Å². The van der Waals surface area contributed by atoms with E-state index in [0.717, 1.165) is 23.8 Å². The van der Waals surface area contributed by atoms with Gasteiger partial charge in [0.1, 0.15) is 23.1 Å².